The fraction of sp³-hybridized carbons (Fsp3) is 0.467. The molecule has 1 unspecified atom stereocenters. The highest BCUT2D eigenvalue weighted by molar-refractivity contribution is 5.22. The first-order valence-electron chi connectivity index (χ1n) is 6.16. The average molecular weight is 215 g/mol. The van der Waals surface area contributed by atoms with Gasteiger partial charge in [0.25, 0.3) is 0 Å². The van der Waals surface area contributed by atoms with Gasteiger partial charge in [-0.25, -0.2) is 0 Å². The summed E-state index contributed by atoms with van der Waals surface area (Å²) in [6, 6.07) is 11.4. The minimum atomic E-state index is 0.386. The molecule has 1 aromatic carbocycles. The SMILES string of the molecule is C=CC[C@]1(CC)[C@@H](C)N1Cc1ccccc1. The maximum atomic E-state index is 3.88. The average Bonchev–Trinajstić information content (AvgIpc) is 2.86. The van der Waals surface area contributed by atoms with Gasteiger partial charge in [0, 0.05) is 18.1 Å². The van der Waals surface area contributed by atoms with E-state index in [2.05, 4.69) is 61.7 Å². The van der Waals surface area contributed by atoms with Crippen molar-refractivity contribution < 1.29 is 0 Å². The molecule has 0 aromatic heterocycles. The fourth-order valence-electron chi connectivity index (χ4n) is 2.86. The second-order valence-electron chi connectivity index (χ2n) is 4.74. The van der Waals surface area contributed by atoms with Gasteiger partial charge in [-0.2, -0.15) is 0 Å². The summed E-state index contributed by atoms with van der Waals surface area (Å²) < 4.78 is 0. The van der Waals surface area contributed by atoms with Crippen molar-refractivity contribution in [1.29, 1.82) is 0 Å². The van der Waals surface area contributed by atoms with E-state index >= 15 is 0 Å². The molecule has 0 saturated carbocycles. The second kappa shape index (κ2) is 4.42. The zero-order valence-corrected chi connectivity index (χ0v) is 10.3. The van der Waals surface area contributed by atoms with Crippen LogP contribution >= 0.6 is 0 Å². The monoisotopic (exact) mass is 215 g/mol. The molecule has 1 saturated heterocycles. The third-order valence-corrected chi connectivity index (χ3v) is 4.06. The molecule has 1 nitrogen and oxygen atoms in total. The molecule has 0 spiro atoms. The summed E-state index contributed by atoms with van der Waals surface area (Å²) in [6.07, 6.45) is 4.38. The zero-order valence-electron chi connectivity index (χ0n) is 10.3. The Kier molecular flexibility index (Phi) is 3.15. The molecule has 1 aromatic rings. The van der Waals surface area contributed by atoms with Crippen molar-refractivity contribution in [3.05, 3.63) is 48.6 Å². The van der Waals surface area contributed by atoms with E-state index in [-0.39, 0.29) is 0 Å². The van der Waals surface area contributed by atoms with Gasteiger partial charge >= 0.3 is 0 Å². The van der Waals surface area contributed by atoms with Crippen molar-refractivity contribution in [3.63, 3.8) is 0 Å². The van der Waals surface area contributed by atoms with E-state index in [9.17, 15) is 0 Å². The molecule has 0 N–H and O–H groups in total. The van der Waals surface area contributed by atoms with Crippen LogP contribution in [0.1, 0.15) is 32.3 Å². The predicted octanol–water partition coefficient (Wildman–Crippen LogP) is 3.62. The van der Waals surface area contributed by atoms with Gasteiger partial charge in [-0.05, 0) is 25.3 Å². The van der Waals surface area contributed by atoms with Crippen LogP contribution < -0.4 is 0 Å². The highest BCUT2D eigenvalue weighted by Gasteiger charge is 2.56. The largest absolute Gasteiger partial charge is 0.287 e. The minimum Gasteiger partial charge on any atom is -0.287 e. The van der Waals surface area contributed by atoms with E-state index in [1.54, 1.807) is 0 Å². The molecule has 16 heavy (non-hydrogen) atoms. The first kappa shape index (κ1) is 11.4. The van der Waals surface area contributed by atoms with E-state index in [0.29, 0.717) is 11.6 Å². The molecule has 0 radical (unpaired) electrons. The second-order valence-corrected chi connectivity index (χ2v) is 4.74. The number of hydrogen-bond acceptors (Lipinski definition) is 1. The Bertz CT molecular complexity index is 357. The maximum Gasteiger partial charge on any atom is 0.0401 e. The predicted molar refractivity (Wildman–Crippen MR) is 69.3 cm³/mol. The standard InChI is InChI=1S/C15H21N/c1-4-11-15(5-2)13(3)16(15)12-14-9-7-6-8-10-14/h4,6-10,13H,1,5,11-12H2,2-3H3/t13-,15-,16?/m1/s1. The first-order chi connectivity index (χ1) is 7.74. The summed E-state index contributed by atoms with van der Waals surface area (Å²) in [4.78, 5) is 2.59. The first-order valence-corrected chi connectivity index (χ1v) is 6.16. The molecule has 1 heteroatoms. The Labute approximate surface area is 98.8 Å². The fourth-order valence-corrected chi connectivity index (χ4v) is 2.86. The van der Waals surface area contributed by atoms with Gasteiger partial charge in [0.05, 0.1) is 0 Å². The van der Waals surface area contributed by atoms with E-state index in [0.717, 1.165) is 13.0 Å². The number of rotatable bonds is 5. The third kappa shape index (κ3) is 1.80. The summed E-state index contributed by atoms with van der Waals surface area (Å²) in [5.41, 5.74) is 1.80. The van der Waals surface area contributed by atoms with Gasteiger partial charge in [0.15, 0.2) is 0 Å². The van der Waals surface area contributed by atoms with Crippen LogP contribution in [0.2, 0.25) is 0 Å². The van der Waals surface area contributed by atoms with Crippen LogP contribution in [-0.2, 0) is 6.54 Å². The maximum absolute atomic E-state index is 3.88. The highest BCUT2D eigenvalue weighted by atomic mass is 15.4. The van der Waals surface area contributed by atoms with Crippen molar-refractivity contribution in [2.24, 2.45) is 0 Å². The van der Waals surface area contributed by atoms with E-state index in [4.69, 9.17) is 0 Å². The van der Waals surface area contributed by atoms with Gasteiger partial charge in [0.2, 0.25) is 0 Å². The summed E-state index contributed by atoms with van der Waals surface area (Å²) >= 11 is 0. The summed E-state index contributed by atoms with van der Waals surface area (Å²) in [5, 5.41) is 0. The van der Waals surface area contributed by atoms with Gasteiger partial charge < -0.3 is 0 Å². The molecule has 0 amide bonds. The van der Waals surface area contributed by atoms with Crippen molar-refractivity contribution in [3.8, 4) is 0 Å². The molecule has 86 valence electrons. The van der Waals surface area contributed by atoms with Crippen LogP contribution in [0.5, 0.6) is 0 Å². The summed E-state index contributed by atoms with van der Waals surface area (Å²) in [6.45, 7) is 9.57. The lowest BCUT2D eigenvalue weighted by Crippen LogP contribution is -2.16. The van der Waals surface area contributed by atoms with Gasteiger partial charge in [-0.1, -0.05) is 43.3 Å². The topological polar surface area (TPSA) is 3.01 Å². The Hall–Kier alpha value is -1.08. The van der Waals surface area contributed by atoms with E-state index < -0.39 is 0 Å². The molecule has 1 aliphatic heterocycles. The minimum absolute atomic E-state index is 0.386. The number of nitrogens with zero attached hydrogens (tertiary/aromatic N) is 1. The van der Waals surface area contributed by atoms with Crippen LogP contribution in [0.25, 0.3) is 0 Å². The lowest BCUT2D eigenvalue weighted by Gasteiger charge is -2.13. The zero-order chi connectivity index (χ0) is 11.6. The Morgan fingerprint density at radius 2 is 2.06 bits per heavy atom. The van der Waals surface area contributed by atoms with Crippen LogP contribution in [0.3, 0.4) is 0 Å². The van der Waals surface area contributed by atoms with Crippen LogP contribution in [0, 0.1) is 0 Å². The normalized spacial score (nSPS) is 32.4. The molecular weight excluding hydrogens is 194 g/mol. The number of benzene rings is 1. The Balaban J connectivity index is 2.05. The lowest BCUT2D eigenvalue weighted by molar-refractivity contribution is 0.387. The van der Waals surface area contributed by atoms with Crippen LogP contribution in [-0.4, -0.2) is 16.5 Å². The quantitative estimate of drug-likeness (QED) is 0.535. The molecule has 1 heterocycles. The van der Waals surface area contributed by atoms with E-state index in [1.807, 2.05) is 0 Å². The molecular formula is C15H21N. The molecule has 2 rings (SSSR count). The summed E-state index contributed by atoms with van der Waals surface area (Å²) in [5.74, 6) is 0. The molecule has 1 aliphatic rings. The van der Waals surface area contributed by atoms with Crippen LogP contribution in [0.15, 0.2) is 43.0 Å². The Morgan fingerprint density at radius 3 is 2.62 bits per heavy atom. The number of hydrogen-bond donors (Lipinski definition) is 0. The van der Waals surface area contributed by atoms with Crippen molar-refractivity contribution in [2.45, 2.75) is 44.8 Å². The van der Waals surface area contributed by atoms with Gasteiger partial charge in [-0.15, -0.1) is 6.58 Å². The summed E-state index contributed by atoms with van der Waals surface area (Å²) in [7, 11) is 0. The van der Waals surface area contributed by atoms with Crippen LogP contribution in [0.4, 0.5) is 0 Å². The Morgan fingerprint density at radius 1 is 1.38 bits per heavy atom. The molecule has 1 fully saturated rings. The van der Waals surface area contributed by atoms with Crippen molar-refractivity contribution in [1.82, 2.24) is 4.90 Å². The molecule has 0 bridgehead atoms. The van der Waals surface area contributed by atoms with E-state index in [1.165, 1.54) is 12.0 Å². The van der Waals surface area contributed by atoms with Crippen molar-refractivity contribution in [2.75, 3.05) is 0 Å². The van der Waals surface area contributed by atoms with Crippen molar-refractivity contribution >= 4 is 0 Å². The lowest BCUT2D eigenvalue weighted by atomic mass is 9.98. The third-order valence-electron chi connectivity index (χ3n) is 4.06. The van der Waals surface area contributed by atoms with Gasteiger partial charge in [-0.3, -0.25) is 4.90 Å². The molecule has 3 atom stereocenters. The molecule has 0 aliphatic carbocycles. The highest BCUT2D eigenvalue weighted by Crippen LogP contribution is 2.47. The van der Waals surface area contributed by atoms with Gasteiger partial charge in [0.1, 0.15) is 0 Å². The smallest absolute Gasteiger partial charge is 0.0401 e.